The highest BCUT2D eigenvalue weighted by Gasteiger charge is 2.29. The van der Waals surface area contributed by atoms with Gasteiger partial charge in [-0.15, -0.1) is 0 Å². The third-order valence-electron chi connectivity index (χ3n) is 6.00. The molecular weight excluding hydrogens is 402 g/mol. The van der Waals surface area contributed by atoms with E-state index < -0.39 is 6.61 Å². The molecule has 0 aliphatic carbocycles. The van der Waals surface area contributed by atoms with E-state index in [4.69, 9.17) is 0 Å². The molecule has 2 saturated heterocycles. The second-order valence-corrected chi connectivity index (χ2v) is 8.11. The maximum absolute atomic E-state index is 13.0. The van der Waals surface area contributed by atoms with Crippen molar-refractivity contribution < 1.29 is 18.3 Å². The van der Waals surface area contributed by atoms with Crippen molar-refractivity contribution in [3.05, 3.63) is 54.2 Å². The van der Waals surface area contributed by atoms with Gasteiger partial charge >= 0.3 is 6.61 Å². The summed E-state index contributed by atoms with van der Waals surface area (Å²) in [6.07, 6.45) is 3.81. The minimum atomic E-state index is -2.95. The topological polar surface area (TPSA) is 48.9 Å². The maximum Gasteiger partial charge on any atom is 0.387 e. The lowest BCUT2D eigenvalue weighted by molar-refractivity contribution is -0.0503. The van der Waals surface area contributed by atoms with Gasteiger partial charge in [0.05, 0.1) is 5.56 Å². The normalized spacial score (nSPS) is 20.2. The van der Waals surface area contributed by atoms with Crippen LogP contribution in [0.25, 0.3) is 0 Å². The Morgan fingerprint density at radius 2 is 1.84 bits per heavy atom. The Bertz CT molecular complexity index is 860. The number of ether oxygens (including phenoxy) is 1. The number of pyridine rings is 1. The summed E-state index contributed by atoms with van der Waals surface area (Å²) in [5.74, 6) is 1.10. The van der Waals surface area contributed by atoms with E-state index in [0.717, 1.165) is 51.4 Å². The summed E-state index contributed by atoms with van der Waals surface area (Å²) in [5, 5.41) is 0. The monoisotopic (exact) mass is 430 g/mol. The Hall–Kier alpha value is -2.74. The first-order valence-corrected chi connectivity index (χ1v) is 10.8. The average molecular weight is 430 g/mol. The molecule has 0 spiro atoms. The molecule has 0 saturated carbocycles. The summed E-state index contributed by atoms with van der Waals surface area (Å²) < 4.78 is 30.0. The van der Waals surface area contributed by atoms with Crippen molar-refractivity contribution in [2.24, 2.45) is 5.92 Å². The van der Waals surface area contributed by atoms with Crippen LogP contribution in [-0.2, 0) is 0 Å². The van der Waals surface area contributed by atoms with Gasteiger partial charge in [-0.25, -0.2) is 4.98 Å². The van der Waals surface area contributed by atoms with E-state index in [1.807, 2.05) is 24.4 Å². The number of benzene rings is 1. The van der Waals surface area contributed by atoms with Crippen LogP contribution >= 0.6 is 0 Å². The third-order valence-corrected chi connectivity index (χ3v) is 6.00. The van der Waals surface area contributed by atoms with Crippen molar-refractivity contribution in [2.75, 3.05) is 50.7 Å². The Balaban J connectivity index is 1.32. The van der Waals surface area contributed by atoms with Crippen LogP contribution < -0.4 is 9.64 Å². The Morgan fingerprint density at radius 1 is 1.06 bits per heavy atom. The number of halogens is 2. The van der Waals surface area contributed by atoms with Crippen molar-refractivity contribution in [3.8, 4) is 5.75 Å². The summed E-state index contributed by atoms with van der Waals surface area (Å²) >= 11 is 0. The smallest absolute Gasteiger partial charge is 0.387 e. The lowest BCUT2D eigenvalue weighted by Gasteiger charge is -2.39. The number of carbonyl (C=O) groups excluding carboxylic acids is 1. The Kier molecular flexibility index (Phi) is 6.96. The number of likely N-dealkylation sites (tertiary alicyclic amines) is 1. The molecule has 31 heavy (non-hydrogen) atoms. The molecule has 1 amide bonds. The van der Waals surface area contributed by atoms with Gasteiger partial charge in [0.15, 0.2) is 0 Å². The molecule has 2 aliphatic rings. The standard InChI is InChI=1S/C23H28F2N4O2/c24-23(25)31-20-8-2-1-7-19(20)22(30)29-11-5-6-18(17-29)16-27-12-14-28(15-13-27)21-9-3-4-10-26-21/h1-4,7-10,18,23H,5-6,11-17H2. The molecule has 166 valence electrons. The van der Waals surface area contributed by atoms with E-state index in [1.165, 1.54) is 6.07 Å². The zero-order valence-electron chi connectivity index (χ0n) is 17.5. The third kappa shape index (κ3) is 5.50. The molecule has 0 radical (unpaired) electrons. The van der Waals surface area contributed by atoms with Gasteiger partial charge in [-0.2, -0.15) is 8.78 Å². The number of nitrogens with zero attached hydrogens (tertiary/aromatic N) is 4. The van der Waals surface area contributed by atoms with Crippen molar-refractivity contribution in [1.29, 1.82) is 0 Å². The van der Waals surface area contributed by atoms with Crippen molar-refractivity contribution in [3.63, 3.8) is 0 Å². The van der Waals surface area contributed by atoms with Crippen LogP contribution in [0.1, 0.15) is 23.2 Å². The molecule has 1 atom stereocenters. The van der Waals surface area contributed by atoms with Crippen molar-refractivity contribution in [1.82, 2.24) is 14.8 Å². The van der Waals surface area contributed by atoms with Crippen LogP contribution in [0.4, 0.5) is 14.6 Å². The Morgan fingerprint density at radius 3 is 2.58 bits per heavy atom. The first-order chi connectivity index (χ1) is 15.1. The SMILES string of the molecule is O=C(c1ccccc1OC(F)F)N1CCCC(CN2CCN(c3ccccn3)CC2)C1. The van der Waals surface area contributed by atoms with E-state index in [1.54, 1.807) is 23.1 Å². The maximum atomic E-state index is 13.0. The molecule has 0 bridgehead atoms. The van der Waals surface area contributed by atoms with Crippen molar-refractivity contribution in [2.45, 2.75) is 19.5 Å². The fraction of sp³-hybridized carbons (Fsp3) is 0.478. The fourth-order valence-electron chi connectivity index (χ4n) is 4.48. The van der Waals surface area contributed by atoms with Gasteiger partial charge < -0.3 is 14.5 Å². The number of amides is 1. The number of piperidine rings is 1. The molecule has 4 rings (SSSR count). The van der Waals surface area contributed by atoms with Crippen LogP contribution in [0.5, 0.6) is 5.75 Å². The zero-order valence-corrected chi connectivity index (χ0v) is 17.5. The fourth-order valence-corrected chi connectivity index (χ4v) is 4.48. The van der Waals surface area contributed by atoms with Crippen LogP contribution in [0.15, 0.2) is 48.7 Å². The molecule has 0 N–H and O–H groups in total. The first kappa shape index (κ1) is 21.5. The van der Waals surface area contributed by atoms with Crippen LogP contribution in [0.3, 0.4) is 0 Å². The number of alkyl halides is 2. The van der Waals surface area contributed by atoms with Gasteiger partial charge in [0.2, 0.25) is 0 Å². The van der Waals surface area contributed by atoms with Crippen LogP contribution in [0.2, 0.25) is 0 Å². The number of hydrogen-bond donors (Lipinski definition) is 0. The van der Waals surface area contributed by atoms with E-state index in [9.17, 15) is 13.6 Å². The van der Waals surface area contributed by atoms with E-state index in [0.29, 0.717) is 19.0 Å². The zero-order chi connectivity index (χ0) is 21.6. The molecule has 3 heterocycles. The second kappa shape index (κ2) is 10.0. The molecule has 1 unspecified atom stereocenters. The van der Waals surface area contributed by atoms with Gasteiger partial charge in [0.25, 0.3) is 5.91 Å². The number of rotatable bonds is 6. The quantitative estimate of drug-likeness (QED) is 0.704. The average Bonchev–Trinajstić information content (AvgIpc) is 2.80. The highest BCUT2D eigenvalue weighted by Crippen LogP contribution is 2.25. The van der Waals surface area contributed by atoms with E-state index >= 15 is 0 Å². The lowest BCUT2D eigenvalue weighted by atomic mass is 9.96. The molecule has 1 aromatic heterocycles. The van der Waals surface area contributed by atoms with Gasteiger partial charge in [-0.05, 0) is 43.0 Å². The molecule has 2 aromatic rings. The minimum absolute atomic E-state index is 0.0599. The Labute approximate surface area is 181 Å². The van der Waals surface area contributed by atoms with Crippen molar-refractivity contribution >= 4 is 11.7 Å². The largest absolute Gasteiger partial charge is 0.434 e. The highest BCUT2D eigenvalue weighted by atomic mass is 19.3. The molecule has 1 aromatic carbocycles. The van der Waals surface area contributed by atoms with E-state index in [2.05, 4.69) is 19.5 Å². The predicted octanol–water partition coefficient (Wildman–Crippen LogP) is 3.36. The number of carbonyl (C=O) groups is 1. The predicted molar refractivity (Wildman–Crippen MR) is 115 cm³/mol. The summed E-state index contributed by atoms with van der Waals surface area (Å²) in [5.41, 5.74) is 0.201. The second-order valence-electron chi connectivity index (χ2n) is 8.11. The van der Waals surface area contributed by atoms with Crippen LogP contribution in [0, 0.1) is 5.92 Å². The highest BCUT2D eigenvalue weighted by molar-refractivity contribution is 5.97. The lowest BCUT2D eigenvalue weighted by Crippen LogP contribution is -2.50. The first-order valence-electron chi connectivity index (χ1n) is 10.8. The van der Waals surface area contributed by atoms with Gasteiger partial charge in [0, 0.05) is 52.0 Å². The molecule has 2 aliphatic heterocycles. The summed E-state index contributed by atoms with van der Waals surface area (Å²) in [6.45, 7) is 3.07. The summed E-state index contributed by atoms with van der Waals surface area (Å²) in [6, 6.07) is 12.2. The summed E-state index contributed by atoms with van der Waals surface area (Å²) in [4.78, 5) is 24.0. The molecule has 6 nitrogen and oxygen atoms in total. The minimum Gasteiger partial charge on any atom is -0.434 e. The number of hydrogen-bond acceptors (Lipinski definition) is 5. The molecule has 8 heteroatoms. The molecular formula is C23H28F2N4O2. The van der Waals surface area contributed by atoms with E-state index in [-0.39, 0.29) is 17.2 Å². The van der Waals surface area contributed by atoms with Gasteiger partial charge in [0.1, 0.15) is 11.6 Å². The van der Waals surface area contributed by atoms with Gasteiger partial charge in [-0.3, -0.25) is 9.69 Å². The van der Waals surface area contributed by atoms with Crippen LogP contribution in [-0.4, -0.2) is 73.1 Å². The number of para-hydroxylation sites is 1. The van der Waals surface area contributed by atoms with Gasteiger partial charge in [-0.1, -0.05) is 18.2 Å². The number of aromatic nitrogens is 1. The number of piperazine rings is 1. The number of anilines is 1. The molecule has 2 fully saturated rings. The summed E-state index contributed by atoms with van der Waals surface area (Å²) in [7, 11) is 0.